The van der Waals surface area contributed by atoms with Gasteiger partial charge in [0.2, 0.25) is 0 Å². The average Bonchev–Trinajstić information content (AvgIpc) is 2.93. The highest BCUT2D eigenvalue weighted by Gasteiger charge is 2.67. The van der Waals surface area contributed by atoms with E-state index in [2.05, 4.69) is 27.7 Å². The molecule has 5 nitrogen and oxygen atoms in total. The fourth-order valence-corrected chi connectivity index (χ4v) is 9.28. The average molecular weight is 423 g/mol. The fourth-order valence-electron chi connectivity index (χ4n) is 9.28. The molecule has 4 N–H and O–H groups in total. The highest BCUT2D eigenvalue weighted by Crippen LogP contribution is 2.69. The van der Waals surface area contributed by atoms with Crippen LogP contribution in [0.5, 0.6) is 0 Å². The number of hydrogen-bond acceptors (Lipinski definition) is 4. The number of fused-ring (bicyclic) bond motifs is 5. The van der Waals surface area contributed by atoms with E-state index in [1.807, 2.05) is 0 Å². The van der Waals surface area contributed by atoms with Crippen LogP contribution in [-0.2, 0) is 4.79 Å². The molecule has 0 aliphatic heterocycles. The van der Waals surface area contributed by atoms with Crippen LogP contribution in [0.4, 0.5) is 0 Å². The van der Waals surface area contributed by atoms with Crippen molar-refractivity contribution >= 4 is 5.97 Å². The maximum Gasteiger partial charge on any atom is 0.303 e. The predicted octanol–water partition coefficient (Wildman–Crippen LogP) is 3.69. The van der Waals surface area contributed by atoms with E-state index in [-0.39, 0.29) is 53.1 Å². The van der Waals surface area contributed by atoms with Crippen molar-refractivity contribution in [1.82, 2.24) is 0 Å². The normalized spacial score (nSPS) is 54.0. The van der Waals surface area contributed by atoms with Gasteiger partial charge in [0.1, 0.15) is 0 Å². The van der Waals surface area contributed by atoms with Crippen LogP contribution in [-0.4, -0.2) is 44.7 Å². The largest absolute Gasteiger partial charge is 0.481 e. The third-order valence-electron chi connectivity index (χ3n) is 10.6. The second kappa shape index (κ2) is 7.74. The van der Waals surface area contributed by atoms with E-state index in [1.165, 1.54) is 0 Å². The first-order valence-corrected chi connectivity index (χ1v) is 12.3. The number of aliphatic hydroxyl groups excluding tert-OH is 3. The molecule has 12 atom stereocenters. The van der Waals surface area contributed by atoms with E-state index < -0.39 is 12.1 Å². The van der Waals surface area contributed by atoms with Gasteiger partial charge in [-0.15, -0.1) is 0 Å². The lowest BCUT2D eigenvalue weighted by Gasteiger charge is -2.63. The minimum atomic E-state index is -0.750. The summed E-state index contributed by atoms with van der Waals surface area (Å²) in [5.41, 5.74) is -0.182. The smallest absolute Gasteiger partial charge is 0.303 e. The van der Waals surface area contributed by atoms with Crippen molar-refractivity contribution in [2.75, 3.05) is 0 Å². The van der Waals surface area contributed by atoms with Crippen LogP contribution < -0.4 is 0 Å². The Morgan fingerprint density at radius 1 is 1.07 bits per heavy atom. The maximum atomic E-state index is 11.6. The lowest BCUT2D eigenvalue weighted by atomic mass is 9.43. The first-order valence-electron chi connectivity index (χ1n) is 12.3. The molecular formula is C25H42O5. The Balaban J connectivity index is 1.65. The summed E-state index contributed by atoms with van der Waals surface area (Å²) in [5, 5.41) is 42.3. The van der Waals surface area contributed by atoms with E-state index in [0.717, 1.165) is 38.5 Å². The summed E-state index contributed by atoms with van der Waals surface area (Å²) < 4.78 is 0. The molecule has 0 aromatic heterocycles. The Morgan fingerprint density at radius 3 is 2.43 bits per heavy atom. The van der Waals surface area contributed by atoms with Gasteiger partial charge in [0.05, 0.1) is 18.3 Å². The summed E-state index contributed by atoms with van der Waals surface area (Å²) >= 11 is 0. The molecule has 5 heteroatoms. The van der Waals surface area contributed by atoms with Gasteiger partial charge in [-0.3, -0.25) is 4.79 Å². The Kier molecular flexibility index (Phi) is 5.81. The topological polar surface area (TPSA) is 98.0 Å². The lowest BCUT2D eigenvalue weighted by molar-refractivity contribution is -0.207. The van der Waals surface area contributed by atoms with E-state index in [4.69, 9.17) is 5.11 Å². The summed E-state index contributed by atoms with van der Waals surface area (Å²) in [6, 6.07) is 0. The number of aliphatic hydroxyl groups is 3. The number of aliphatic carboxylic acids is 1. The van der Waals surface area contributed by atoms with E-state index in [9.17, 15) is 20.1 Å². The number of rotatable bonds is 4. The molecule has 172 valence electrons. The molecule has 0 radical (unpaired) electrons. The van der Waals surface area contributed by atoms with E-state index in [1.54, 1.807) is 0 Å². The Labute approximate surface area is 181 Å². The summed E-state index contributed by atoms with van der Waals surface area (Å²) in [6.45, 7) is 9.02. The zero-order valence-corrected chi connectivity index (χ0v) is 19.1. The second-order valence-electron chi connectivity index (χ2n) is 12.0. The standard InChI is InChI=1S/C25H42O5/c1-13(5-6-21(29)30)23-14(2)9-18-22-17(12-20(28)25(18,23)4)24(3)8-7-16(26)10-15(24)11-19(22)27/h13-20,22-23,26-28H,5-12H2,1-4H3,(H,29,30)/t13-,14+,15?,16?,17?,18?,19?,20-,22?,23?,24?,25?/m1/s1. The highest BCUT2D eigenvalue weighted by atomic mass is 16.4. The van der Waals surface area contributed by atoms with Gasteiger partial charge in [-0.2, -0.15) is 0 Å². The summed E-state index contributed by atoms with van der Waals surface area (Å²) in [5.74, 6) is 1.30. The molecule has 4 saturated carbocycles. The summed E-state index contributed by atoms with van der Waals surface area (Å²) in [7, 11) is 0. The van der Waals surface area contributed by atoms with Crippen molar-refractivity contribution in [2.24, 2.45) is 52.3 Å². The fraction of sp³-hybridized carbons (Fsp3) is 0.960. The Morgan fingerprint density at radius 2 is 1.77 bits per heavy atom. The van der Waals surface area contributed by atoms with Crippen LogP contribution in [0, 0.1) is 52.3 Å². The number of carbonyl (C=O) groups is 1. The van der Waals surface area contributed by atoms with Crippen LogP contribution >= 0.6 is 0 Å². The second-order valence-corrected chi connectivity index (χ2v) is 12.0. The monoisotopic (exact) mass is 422 g/mol. The van der Waals surface area contributed by atoms with E-state index in [0.29, 0.717) is 24.2 Å². The van der Waals surface area contributed by atoms with Gasteiger partial charge in [0.25, 0.3) is 0 Å². The van der Waals surface area contributed by atoms with Crippen LogP contribution in [0.1, 0.15) is 79.1 Å². The van der Waals surface area contributed by atoms with Gasteiger partial charge < -0.3 is 20.4 Å². The zero-order chi connectivity index (χ0) is 22.0. The first-order chi connectivity index (χ1) is 14.0. The van der Waals surface area contributed by atoms with Gasteiger partial charge in [-0.25, -0.2) is 0 Å². The number of hydrogen-bond donors (Lipinski definition) is 4. The van der Waals surface area contributed by atoms with Crippen molar-refractivity contribution in [3.63, 3.8) is 0 Å². The van der Waals surface area contributed by atoms with Crippen LogP contribution in [0.3, 0.4) is 0 Å². The SMILES string of the molecule is C[C@H](CCC(=O)O)C1[C@@H](C)CC2C3C(O)CC4CC(O)CCC4(C)C3C[C@@H](O)C21C. The van der Waals surface area contributed by atoms with Gasteiger partial charge >= 0.3 is 5.97 Å². The Bertz CT molecular complexity index is 666. The number of carboxylic acid groups (broad SMARTS) is 1. The molecule has 0 aromatic carbocycles. The third-order valence-corrected chi connectivity index (χ3v) is 10.6. The molecule has 0 heterocycles. The predicted molar refractivity (Wildman–Crippen MR) is 115 cm³/mol. The van der Waals surface area contributed by atoms with Crippen molar-refractivity contribution in [2.45, 2.75) is 97.4 Å². The third kappa shape index (κ3) is 3.26. The zero-order valence-electron chi connectivity index (χ0n) is 19.1. The summed E-state index contributed by atoms with van der Waals surface area (Å²) in [4.78, 5) is 11.2. The maximum absolute atomic E-state index is 11.6. The molecule has 4 aliphatic carbocycles. The highest BCUT2D eigenvalue weighted by molar-refractivity contribution is 5.66. The molecule has 30 heavy (non-hydrogen) atoms. The lowest BCUT2D eigenvalue weighted by Crippen LogP contribution is -2.62. The molecule has 0 aromatic rings. The van der Waals surface area contributed by atoms with Crippen molar-refractivity contribution in [1.29, 1.82) is 0 Å². The molecule has 0 amide bonds. The van der Waals surface area contributed by atoms with E-state index >= 15 is 0 Å². The van der Waals surface area contributed by atoms with Crippen molar-refractivity contribution < 1.29 is 25.2 Å². The minimum Gasteiger partial charge on any atom is -0.481 e. The van der Waals surface area contributed by atoms with Gasteiger partial charge in [-0.1, -0.05) is 27.7 Å². The molecule has 9 unspecified atom stereocenters. The van der Waals surface area contributed by atoms with Crippen molar-refractivity contribution in [3.05, 3.63) is 0 Å². The van der Waals surface area contributed by atoms with Crippen LogP contribution in [0.25, 0.3) is 0 Å². The van der Waals surface area contributed by atoms with Gasteiger partial charge in [0, 0.05) is 11.8 Å². The molecule has 4 fully saturated rings. The Hall–Kier alpha value is -0.650. The minimum absolute atomic E-state index is 0.0850. The molecule has 0 bridgehead atoms. The quantitative estimate of drug-likeness (QED) is 0.554. The first kappa shape index (κ1) is 22.5. The molecule has 0 saturated heterocycles. The molecule has 4 aliphatic rings. The summed E-state index contributed by atoms with van der Waals surface area (Å²) in [6.07, 6.45) is 4.89. The van der Waals surface area contributed by atoms with Gasteiger partial charge in [-0.05, 0) is 91.8 Å². The number of carboxylic acids is 1. The van der Waals surface area contributed by atoms with Crippen LogP contribution in [0.2, 0.25) is 0 Å². The molecule has 0 spiro atoms. The van der Waals surface area contributed by atoms with Crippen molar-refractivity contribution in [3.8, 4) is 0 Å². The molecular weight excluding hydrogens is 380 g/mol. The molecule has 4 rings (SSSR count). The van der Waals surface area contributed by atoms with Crippen LogP contribution in [0.15, 0.2) is 0 Å². The van der Waals surface area contributed by atoms with Gasteiger partial charge in [0.15, 0.2) is 0 Å².